The van der Waals surface area contributed by atoms with Crippen molar-refractivity contribution < 1.29 is 9.90 Å². The summed E-state index contributed by atoms with van der Waals surface area (Å²) in [5, 5.41) is 11.9. The van der Waals surface area contributed by atoms with E-state index in [9.17, 15) is 4.79 Å². The summed E-state index contributed by atoms with van der Waals surface area (Å²) in [6.07, 6.45) is 0.646. The molecule has 0 fully saturated rings. The minimum Gasteiger partial charge on any atom is -0.396 e. The Balaban J connectivity index is 2.84. The van der Waals surface area contributed by atoms with E-state index < -0.39 is 0 Å². The first-order valence-electron chi connectivity index (χ1n) is 5.58. The molecule has 3 nitrogen and oxygen atoms in total. The van der Waals surface area contributed by atoms with Crippen molar-refractivity contribution in [1.82, 2.24) is 0 Å². The SMILES string of the molecule is CCC(CO)C(=O)Nc1c(C)cccc1C. The quantitative estimate of drug-likeness (QED) is 0.819. The lowest BCUT2D eigenvalue weighted by Gasteiger charge is -2.15. The Morgan fingerprint density at radius 3 is 2.38 bits per heavy atom. The highest BCUT2D eigenvalue weighted by Gasteiger charge is 2.16. The molecule has 88 valence electrons. The van der Waals surface area contributed by atoms with Gasteiger partial charge in [0.05, 0.1) is 12.5 Å². The average Bonchev–Trinajstić information content (AvgIpc) is 2.25. The van der Waals surface area contributed by atoms with Gasteiger partial charge in [-0.25, -0.2) is 0 Å². The molecule has 0 saturated carbocycles. The van der Waals surface area contributed by atoms with Gasteiger partial charge in [0.25, 0.3) is 0 Å². The maximum absolute atomic E-state index is 11.8. The second-order valence-corrected chi connectivity index (χ2v) is 4.04. The highest BCUT2D eigenvalue weighted by molar-refractivity contribution is 5.94. The first-order chi connectivity index (χ1) is 7.60. The van der Waals surface area contributed by atoms with E-state index in [1.807, 2.05) is 39.0 Å². The molecule has 0 spiro atoms. The number of anilines is 1. The molecule has 0 saturated heterocycles. The van der Waals surface area contributed by atoms with Gasteiger partial charge in [-0.05, 0) is 31.4 Å². The second-order valence-electron chi connectivity index (χ2n) is 4.04. The van der Waals surface area contributed by atoms with E-state index in [-0.39, 0.29) is 18.4 Å². The molecule has 0 radical (unpaired) electrons. The molecule has 1 atom stereocenters. The number of amides is 1. The molecular formula is C13H19NO2. The van der Waals surface area contributed by atoms with E-state index in [0.29, 0.717) is 6.42 Å². The molecule has 1 amide bonds. The molecule has 0 bridgehead atoms. The van der Waals surface area contributed by atoms with Crippen LogP contribution in [0, 0.1) is 19.8 Å². The smallest absolute Gasteiger partial charge is 0.229 e. The number of para-hydroxylation sites is 1. The Morgan fingerprint density at radius 2 is 1.94 bits per heavy atom. The number of hydrogen-bond donors (Lipinski definition) is 2. The van der Waals surface area contributed by atoms with Crippen molar-refractivity contribution >= 4 is 11.6 Å². The zero-order chi connectivity index (χ0) is 12.1. The van der Waals surface area contributed by atoms with E-state index in [0.717, 1.165) is 16.8 Å². The van der Waals surface area contributed by atoms with Crippen LogP contribution in [0.2, 0.25) is 0 Å². The molecule has 2 N–H and O–H groups in total. The molecule has 1 unspecified atom stereocenters. The van der Waals surface area contributed by atoms with Crippen LogP contribution < -0.4 is 5.32 Å². The summed E-state index contributed by atoms with van der Waals surface area (Å²) >= 11 is 0. The van der Waals surface area contributed by atoms with Gasteiger partial charge in [-0.15, -0.1) is 0 Å². The number of rotatable bonds is 4. The zero-order valence-corrected chi connectivity index (χ0v) is 10.1. The summed E-state index contributed by atoms with van der Waals surface area (Å²) in [7, 11) is 0. The fourth-order valence-corrected chi connectivity index (χ4v) is 1.63. The van der Waals surface area contributed by atoms with Crippen LogP contribution in [0.1, 0.15) is 24.5 Å². The molecule has 0 heterocycles. The maximum atomic E-state index is 11.8. The van der Waals surface area contributed by atoms with Crippen LogP contribution in [0.3, 0.4) is 0 Å². The van der Waals surface area contributed by atoms with Crippen LogP contribution in [0.4, 0.5) is 5.69 Å². The molecule has 0 aliphatic rings. The van der Waals surface area contributed by atoms with Gasteiger partial charge in [0.1, 0.15) is 0 Å². The number of aliphatic hydroxyl groups excluding tert-OH is 1. The van der Waals surface area contributed by atoms with Crippen molar-refractivity contribution in [3.05, 3.63) is 29.3 Å². The number of benzene rings is 1. The van der Waals surface area contributed by atoms with Crippen LogP contribution in [0.5, 0.6) is 0 Å². The van der Waals surface area contributed by atoms with Gasteiger partial charge < -0.3 is 10.4 Å². The van der Waals surface area contributed by atoms with Crippen molar-refractivity contribution in [2.45, 2.75) is 27.2 Å². The van der Waals surface area contributed by atoms with Gasteiger partial charge in [-0.1, -0.05) is 25.1 Å². The highest BCUT2D eigenvalue weighted by atomic mass is 16.3. The Bertz CT molecular complexity index is 350. The fourth-order valence-electron chi connectivity index (χ4n) is 1.63. The fraction of sp³-hybridized carbons (Fsp3) is 0.462. The largest absolute Gasteiger partial charge is 0.396 e. The number of nitrogens with one attached hydrogen (secondary N) is 1. The summed E-state index contributed by atoms with van der Waals surface area (Å²) in [5.41, 5.74) is 2.95. The van der Waals surface area contributed by atoms with E-state index in [2.05, 4.69) is 5.32 Å². The molecule has 0 aliphatic heterocycles. The predicted molar refractivity (Wildman–Crippen MR) is 65.4 cm³/mol. The third-order valence-corrected chi connectivity index (χ3v) is 2.81. The Kier molecular flexibility index (Phi) is 4.50. The van der Waals surface area contributed by atoms with Gasteiger partial charge >= 0.3 is 0 Å². The molecule has 3 heteroatoms. The average molecular weight is 221 g/mol. The van der Waals surface area contributed by atoms with Crippen LogP contribution in [0.15, 0.2) is 18.2 Å². The first kappa shape index (κ1) is 12.7. The van der Waals surface area contributed by atoms with Crippen molar-refractivity contribution in [3.63, 3.8) is 0 Å². The number of aryl methyl sites for hydroxylation is 2. The topological polar surface area (TPSA) is 49.3 Å². The van der Waals surface area contributed by atoms with Gasteiger partial charge in [0.15, 0.2) is 0 Å². The summed E-state index contributed by atoms with van der Waals surface area (Å²) in [5.74, 6) is -0.429. The first-order valence-corrected chi connectivity index (χ1v) is 5.58. The minimum absolute atomic E-state index is 0.104. The van der Waals surface area contributed by atoms with E-state index in [1.54, 1.807) is 0 Å². The molecule has 0 aromatic heterocycles. The third-order valence-electron chi connectivity index (χ3n) is 2.81. The van der Waals surface area contributed by atoms with Crippen LogP contribution in [-0.2, 0) is 4.79 Å². The second kappa shape index (κ2) is 5.66. The summed E-state index contributed by atoms with van der Waals surface area (Å²) in [6.45, 7) is 5.71. The van der Waals surface area contributed by atoms with E-state index in [4.69, 9.17) is 5.11 Å². The third kappa shape index (κ3) is 2.83. The number of aliphatic hydroxyl groups is 1. The molecule has 1 aromatic rings. The molecular weight excluding hydrogens is 202 g/mol. The van der Waals surface area contributed by atoms with Gasteiger partial charge in [-0.2, -0.15) is 0 Å². The highest BCUT2D eigenvalue weighted by Crippen LogP contribution is 2.20. The Labute approximate surface area is 96.5 Å². The van der Waals surface area contributed by atoms with Crippen molar-refractivity contribution in [2.75, 3.05) is 11.9 Å². The number of carbonyl (C=O) groups excluding carboxylic acids is 1. The zero-order valence-electron chi connectivity index (χ0n) is 10.1. The van der Waals surface area contributed by atoms with Crippen molar-refractivity contribution in [2.24, 2.45) is 5.92 Å². The van der Waals surface area contributed by atoms with E-state index in [1.165, 1.54) is 0 Å². The Morgan fingerprint density at radius 1 is 1.38 bits per heavy atom. The summed E-state index contributed by atoms with van der Waals surface area (Å²) < 4.78 is 0. The Hall–Kier alpha value is -1.35. The molecule has 1 aromatic carbocycles. The summed E-state index contributed by atoms with van der Waals surface area (Å²) in [4.78, 5) is 11.8. The predicted octanol–water partition coefficient (Wildman–Crippen LogP) is 2.26. The standard InChI is InChI=1S/C13H19NO2/c1-4-11(8-15)13(16)14-12-9(2)6-5-7-10(12)3/h5-7,11,15H,4,8H2,1-3H3,(H,14,16). The molecule has 1 rings (SSSR count). The maximum Gasteiger partial charge on any atom is 0.229 e. The monoisotopic (exact) mass is 221 g/mol. The normalized spacial score (nSPS) is 12.2. The summed E-state index contributed by atoms with van der Waals surface area (Å²) in [6, 6.07) is 5.88. The lowest BCUT2D eigenvalue weighted by atomic mass is 10.1. The van der Waals surface area contributed by atoms with E-state index >= 15 is 0 Å². The van der Waals surface area contributed by atoms with Crippen molar-refractivity contribution in [1.29, 1.82) is 0 Å². The number of carbonyl (C=O) groups is 1. The van der Waals surface area contributed by atoms with Crippen molar-refractivity contribution in [3.8, 4) is 0 Å². The van der Waals surface area contributed by atoms with Crippen LogP contribution in [-0.4, -0.2) is 17.6 Å². The van der Waals surface area contributed by atoms with Gasteiger partial charge in [0, 0.05) is 5.69 Å². The number of hydrogen-bond acceptors (Lipinski definition) is 2. The lowest BCUT2D eigenvalue weighted by Crippen LogP contribution is -2.25. The molecule has 16 heavy (non-hydrogen) atoms. The van der Waals surface area contributed by atoms with Gasteiger partial charge in [-0.3, -0.25) is 4.79 Å². The lowest BCUT2D eigenvalue weighted by molar-refractivity contribution is -0.121. The van der Waals surface area contributed by atoms with Crippen LogP contribution in [0.25, 0.3) is 0 Å². The minimum atomic E-state index is -0.320. The molecule has 0 aliphatic carbocycles. The van der Waals surface area contributed by atoms with Crippen LogP contribution >= 0.6 is 0 Å². The van der Waals surface area contributed by atoms with Gasteiger partial charge in [0.2, 0.25) is 5.91 Å².